The Morgan fingerprint density at radius 3 is 2.21 bits per heavy atom. The molecule has 2 N–H and O–H groups in total. The summed E-state index contributed by atoms with van der Waals surface area (Å²) in [5.41, 5.74) is 4.62. The molecule has 0 saturated heterocycles. The van der Waals surface area contributed by atoms with Crippen LogP contribution < -0.4 is 20.1 Å². The van der Waals surface area contributed by atoms with Crippen molar-refractivity contribution in [3.05, 3.63) is 72.3 Å². The Hall–Kier alpha value is -3.47. The van der Waals surface area contributed by atoms with Crippen LogP contribution in [0.4, 0.5) is 11.4 Å². The molecule has 1 amide bonds. The van der Waals surface area contributed by atoms with Crippen molar-refractivity contribution in [2.75, 3.05) is 31.4 Å². The Morgan fingerprint density at radius 1 is 0.857 bits per heavy atom. The van der Waals surface area contributed by atoms with Gasteiger partial charge in [-0.2, -0.15) is 0 Å². The van der Waals surface area contributed by atoms with Crippen LogP contribution in [0.1, 0.15) is 5.56 Å². The molecular formula is C23H24N2O3. The molecule has 0 heterocycles. The lowest BCUT2D eigenvalue weighted by atomic mass is 10.0. The molecule has 0 bridgehead atoms. The Labute approximate surface area is 165 Å². The summed E-state index contributed by atoms with van der Waals surface area (Å²) in [5.74, 6) is 1.15. The molecule has 0 radical (unpaired) electrons. The van der Waals surface area contributed by atoms with E-state index in [1.165, 1.54) is 0 Å². The van der Waals surface area contributed by atoms with Gasteiger partial charge in [0.2, 0.25) is 5.91 Å². The van der Waals surface area contributed by atoms with Crippen molar-refractivity contribution >= 4 is 17.3 Å². The van der Waals surface area contributed by atoms with Gasteiger partial charge in [0.05, 0.1) is 20.8 Å². The van der Waals surface area contributed by atoms with Crippen LogP contribution in [0, 0.1) is 6.92 Å². The largest absolute Gasteiger partial charge is 0.493 e. The van der Waals surface area contributed by atoms with Gasteiger partial charge in [-0.1, -0.05) is 48.5 Å². The van der Waals surface area contributed by atoms with Gasteiger partial charge in [0.15, 0.2) is 11.5 Å². The standard InChI is InChI=1S/C23H24N2O3/c1-16-13-21(27-2)22(28-3)14-20(16)24-15-23(26)25-19-12-8-7-11-18(19)17-9-5-4-6-10-17/h4-14,24H,15H2,1-3H3,(H,25,26). The molecule has 5 heteroatoms. The number of benzene rings is 3. The maximum absolute atomic E-state index is 12.5. The first-order valence-corrected chi connectivity index (χ1v) is 9.03. The number of para-hydroxylation sites is 1. The highest BCUT2D eigenvalue weighted by Crippen LogP contribution is 2.33. The van der Waals surface area contributed by atoms with Crippen LogP contribution in [0.2, 0.25) is 0 Å². The average molecular weight is 376 g/mol. The minimum Gasteiger partial charge on any atom is -0.493 e. The fourth-order valence-electron chi connectivity index (χ4n) is 3.00. The Morgan fingerprint density at radius 2 is 1.50 bits per heavy atom. The van der Waals surface area contributed by atoms with E-state index >= 15 is 0 Å². The molecule has 0 saturated carbocycles. The van der Waals surface area contributed by atoms with E-state index in [4.69, 9.17) is 9.47 Å². The molecule has 0 aliphatic carbocycles. The number of carbonyl (C=O) groups is 1. The van der Waals surface area contributed by atoms with Gasteiger partial charge in [-0.15, -0.1) is 0 Å². The molecule has 28 heavy (non-hydrogen) atoms. The minimum atomic E-state index is -0.127. The van der Waals surface area contributed by atoms with Crippen LogP contribution >= 0.6 is 0 Å². The van der Waals surface area contributed by atoms with Gasteiger partial charge in [-0.25, -0.2) is 0 Å². The third-order valence-electron chi connectivity index (χ3n) is 4.46. The van der Waals surface area contributed by atoms with E-state index in [9.17, 15) is 4.79 Å². The molecule has 3 aromatic rings. The monoisotopic (exact) mass is 376 g/mol. The summed E-state index contributed by atoms with van der Waals surface area (Å²) in [6.07, 6.45) is 0. The van der Waals surface area contributed by atoms with Crippen LogP contribution in [-0.4, -0.2) is 26.7 Å². The first kappa shape index (κ1) is 19.3. The zero-order valence-corrected chi connectivity index (χ0v) is 16.3. The van der Waals surface area contributed by atoms with Gasteiger partial charge in [0.1, 0.15) is 0 Å². The van der Waals surface area contributed by atoms with Crippen LogP contribution in [0.15, 0.2) is 66.7 Å². The van der Waals surface area contributed by atoms with Gasteiger partial charge < -0.3 is 20.1 Å². The third-order valence-corrected chi connectivity index (χ3v) is 4.46. The minimum absolute atomic E-state index is 0.127. The van der Waals surface area contributed by atoms with Crippen molar-refractivity contribution in [2.24, 2.45) is 0 Å². The van der Waals surface area contributed by atoms with Gasteiger partial charge in [0.25, 0.3) is 0 Å². The molecule has 144 valence electrons. The van der Waals surface area contributed by atoms with Crippen molar-refractivity contribution < 1.29 is 14.3 Å². The highest BCUT2D eigenvalue weighted by Gasteiger charge is 2.11. The van der Waals surface area contributed by atoms with E-state index in [1.54, 1.807) is 14.2 Å². The Balaban J connectivity index is 1.71. The summed E-state index contributed by atoms with van der Waals surface area (Å²) in [6, 6.07) is 21.5. The van der Waals surface area contributed by atoms with Crippen molar-refractivity contribution in [1.82, 2.24) is 0 Å². The second-order valence-electron chi connectivity index (χ2n) is 6.34. The fourth-order valence-corrected chi connectivity index (χ4v) is 3.00. The van der Waals surface area contributed by atoms with E-state index < -0.39 is 0 Å². The van der Waals surface area contributed by atoms with E-state index in [0.29, 0.717) is 11.5 Å². The predicted molar refractivity (Wildman–Crippen MR) is 113 cm³/mol. The van der Waals surface area contributed by atoms with Crippen LogP contribution in [0.25, 0.3) is 11.1 Å². The maximum atomic E-state index is 12.5. The van der Waals surface area contributed by atoms with Crippen molar-refractivity contribution in [2.45, 2.75) is 6.92 Å². The van der Waals surface area contributed by atoms with E-state index in [2.05, 4.69) is 10.6 Å². The molecular weight excluding hydrogens is 352 g/mol. The lowest BCUT2D eigenvalue weighted by Crippen LogP contribution is -2.22. The number of aryl methyl sites for hydroxylation is 1. The quantitative estimate of drug-likeness (QED) is 0.626. The number of nitrogens with one attached hydrogen (secondary N) is 2. The van der Waals surface area contributed by atoms with Crippen LogP contribution in [-0.2, 0) is 4.79 Å². The number of carbonyl (C=O) groups excluding carboxylic acids is 1. The zero-order chi connectivity index (χ0) is 19.9. The second kappa shape index (κ2) is 8.95. The number of amides is 1. The first-order chi connectivity index (χ1) is 13.6. The molecule has 0 fully saturated rings. The number of anilines is 2. The summed E-state index contributed by atoms with van der Waals surface area (Å²) in [5, 5.41) is 6.16. The van der Waals surface area contributed by atoms with Gasteiger partial charge in [0, 0.05) is 23.0 Å². The summed E-state index contributed by atoms with van der Waals surface area (Å²) >= 11 is 0. The highest BCUT2D eigenvalue weighted by atomic mass is 16.5. The van der Waals surface area contributed by atoms with E-state index in [1.807, 2.05) is 73.7 Å². The van der Waals surface area contributed by atoms with E-state index in [0.717, 1.165) is 28.1 Å². The number of hydrogen-bond donors (Lipinski definition) is 2. The van der Waals surface area contributed by atoms with Crippen LogP contribution in [0.3, 0.4) is 0 Å². The lowest BCUT2D eigenvalue weighted by molar-refractivity contribution is -0.114. The second-order valence-corrected chi connectivity index (χ2v) is 6.34. The van der Waals surface area contributed by atoms with Crippen LogP contribution in [0.5, 0.6) is 11.5 Å². The Bertz CT molecular complexity index is 955. The molecule has 0 aromatic heterocycles. The number of hydrogen-bond acceptors (Lipinski definition) is 4. The van der Waals surface area contributed by atoms with E-state index in [-0.39, 0.29) is 12.5 Å². The highest BCUT2D eigenvalue weighted by molar-refractivity contribution is 5.97. The zero-order valence-electron chi connectivity index (χ0n) is 16.3. The molecule has 3 aromatic carbocycles. The van der Waals surface area contributed by atoms with Gasteiger partial charge in [-0.05, 0) is 30.2 Å². The summed E-state index contributed by atoms with van der Waals surface area (Å²) in [6.45, 7) is 2.09. The van der Waals surface area contributed by atoms with Crippen molar-refractivity contribution in [3.63, 3.8) is 0 Å². The number of ether oxygens (including phenoxy) is 2. The lowest BCUT2D eigenvalue weighted by Gasteiger charge is -2.15. The number of rotatable bonds is 7. The number of methoxy groups -OCH3 is 2. The van der Waals surface area contributed by atoms with Gasteiger partial charge in [-0.3, -0.25) is 4.79 Å². The predicted octanol–water partition coefficient (Wildman–Crippen LogP) is 4.73. The molecule has 3 rings (SSSR count). The molecule has 0 atom stereocenters. The molecule has 5 nitrogen and oxygen atoms in total. The molecule has 0 unspecified atom stereocenters. The molecule has 0 spiro atoms. The molecule has 0 aliphatic rings. The fraction of sp³-hybridized carbons (Fsp3) is 0.174. The first-order valence-electron chi connectivity index (χ1n) is 9.03. The third kappa shape index (κ3) is 4.43. The topological polar surface area (TPSA) is 59.6 Å². The maximum Gasteiger partial charge on any atom is 0.243 e. The van der Waals surface area contributed by atoms with Gasteiger partial charge >= 0.3 is 0 Å². The van der Waals surface area contributed by atoms with Crippen molar-refractivity contribution in [1.29, 1.82) is 0 Å². The molecule has 0 aliphatic heterocycles. The van der Waals surface area contributed by atoms with Crippen molar-refractivity contribution in [3.8, 4) is 22.6 Å². The summed E-state index contributed by atoms with van der Waals surface area (Å²) < 4.78 is 10.6. The average Bonchev–Trinajstić information content (AvgIpc) is 2.73. The Kier molecular flexibility index (Phi) is 6.17. The smallest absolute Gasteiger partial charge is 0.243 e. The summed E-state index contributed by atoms with van der Waals surface area (Å²) in [4.78, 5) is 12.5. The normalized spacial score (nSPS) is 10.2. The SMILES string of the molecule is COc1cc(C)c(NCC(=O)Nc2ccccc2-c2ccccc2)cc1OC. The summed E-state index contributed by atoms with van der Waals surface area (Å²) in [7, 11) is 3.19.